The van der Waals surface area contributed by atoms with Gasteiger partial charge in [0.1, 0.15) is 0 Å². The quantitative estimate of drug-likeness (QED) is 0.698. The van der Waals surface area contributed by atoms with Crippen LogP contribution in [0.1, 0.15) is 37.7 Å². The summed E-state index contributed by atoms with van der Waals surface area (Å²) in [7, 11) is 0. The number of halogens is 1. The number of nitrogens with zero attached hydrogens (tertiary/aromatic N) is 1. The average molecular weight is 419 g/mol. The van der Waals surface area contributed by atoms with Gasteiger partial charge in [0.05, 0.1) is 4.91 Å². The zero-order valence-electron chi connectivity index (χ0n) is 15.5. The van der Waals surface area contributed by atoms with Crippen LogP contribution in [-0.2, 0) is 9.59 Å². The van der Waals surface area contributed by atoms with E-state index in [1.807, 2.05) is 0 Å². The first kappa shape index (κ1) is 19.5. The summed E-state index contributed by atoms with van der Waals surface area (Å²) in [4.78, 5) is 38.5. The first-order chi connectivity index (χ1) is 13.5. The molecule has 2 saturated carbocycles. The number of carbonyl (C=O) groups is 3. The fourth-order valence-corrected chi connectivity index (χ4v) is 5.64. The van der Waals surface area contributed by atoms with Gasteiger partial charge in [-0.2, -0.15) is 0 Å². The summed E-state index contributed by atoms with van der Waals surface area (Å²) in [6.07, 6.45) is 7.31. The topological polar surface area (TPSA) is 66.5 Å². The van der Waals surface area contributed by atoms with E-state index in [-0.39, 0.29) is 23.6 Å². The summed E-state index contributed by atoms with van der Waals surface area (Å²) in [6, 6.07) is 7.07. The molecule has 1 aliphatic heterocycles. The van der Waals surface area contributed by atoms with Crippen molar-refractivity contribution in [3.63, 3.8) is 0 Å². The molecule has 4 rings (SSSR count). The predicted molar refractivity (Wildman–Crippen MR) is 111 cm³/mol. The van der Waals surface area contributed by atoms with Crippen LogP contribution < -0.4 is 5.32 Å². The highest BCUT2D eigenvalue weighted by molar-refractivity contribution is 8.18. The van der Waals surface area contributed by atoms with Gasteiger partial charge in [-0.15, -0.1) is 0 Å². The molecule has 1 saturated heterocycles. The largest absolute Gasteiger partial charge is 0.354 e. The highest BCUT2D eigenvalue weighted by Gasteiger charge is 2.40. The van der Waals surface area contributed by atoms with Gasteiger partial charge in [0.2, 0.25) is 5.91 Å². The van der Waals surface area contributed by atoms with E-state index < -0.39 is 0 Å². The molecule has 1 aromatic carbocycles. The monoisotopic (exact) mass is 418 g/mol. The molecule has 7 heteroatoms. The van der Waals surface area contributed by atoms with Crippen LogP contribution in [0.4, 0.5) is 4.79 Å². The second kappa shape index (κ2) is 8.29. The summed E-state index contributed by atoms with van der Waals surface area (Å²) in [6.45, 7) is 0.497. The highest BCUT2D eigenvalue weighted by atomic mass is 35.5. The Bertz CT molecular complexity index is 823. The first-order valence-corrected chi connectivity index (χ1v) is 11.0. The van der Waals surface area contributed by atoms with Gasteiger partial charge >= 0.3 is 0 Å². The maximum atomic E-state index is 12.5. The highest BCUT2D eigenvalue weighted by Crippen LogP contribution is 2.49. The third kappa shape index (κ3) is 4.28. The van der Waals surface area contributed by atoms with E-state index in [2.05, 4.69) is 5.32 Å². The van der Waals surface area contributed by atoms with E-state index in [4.69, 9.17) is 11.6 Å². The van der Waals surface area contributed by atoms with Gasteiger partial charge in [-0.3, -0.25) is 19.3 Å². The van der Waals surface area contributed by atoms with E-state index >= 15 is 0 Å². The lowest BCUT2D eigenvalue weighted by atomic mass is 9.86. The number of thioether (sulfide) groups is 1. The molecule has 148 valence electrons. The molecule has 2 aliphatic carbocycles. The molecule has 0 aromatic heterocycles. The van der Waals surface area contributed by atoms with E-state index in [0.717, 1.165) is 29.2 Å². The first-order valence-electron chi connectivity index (χ1n) is 9.77. The molecule has 28 heavy (non-hydrogen) atoms. The second-order valence-corrected chi connectivity index (χ2v) is 9.30. The lowest BCUT2D eigenvalue weighted by Gasteiger charge is -2.21. The van der Waals surface area contributed by atoms with E-state index in [9.17, 15) is 14.4 Å². The van der Waals surface area contributed by atoms with E-state index in [0.29, 0.717) is 28.8 Å². The number of hydrogen-bond acceptors (Lipinski definition) is 4. The van der Waals surface area contributed by atoms with Crippen molar-refractivity contribution in [2.75, 3.05) is 13.1 Å². The summed E-state index contributed by atoms with van der Waals surface area (Å²) >= 11 is 6.79. The Morgan fingerprint density at radius 3 is 2.68 bits per heavy atom. The molecule has 3 atom stereocenters. The smallest absolute Gasteiger partial charge is 0.293 e. The number of benzene rings is 1. The standard InChI is InChI=1S/C21H23ClN2O3S/c22-17-5-2-13(3-6-17)11-18-20(26)24(21(27)28-18)8-7-23-19(25)12-16-10-14-1-4-15(16)9-14/h2-3,5-6,11,14-16H,1,4,7-10,12H2,(H,23,25)/b18-11+/t14-,15-,16+/m0/s1. The van der Waals surface area contributed by atoms with Crippen molar-refractivity contribution in [2.45, 2.75) is 32.1 Å². The minimum absolute atomic E-state index is 0.0289. The molecular weight excluding hydrogens is 396 g/mol. The maximum Gasteiger partial charge on any atom is 0.293 e. The zero-order chi connectivity index (χ0) is 19.7. The van der Waals surface area contributed by atoms with Gasteiger partial charge in [-0.05, 0) is 72.6 Å². The predicted octanol–water partition coefficient (Wildman–Crippen LogP) is 4.32. The van der Waals surface area contributed by atoms with Crippen molar-refractivity contribution < 1.29 is 14.4 Å². The van der Waals surface area contributed by atoms with Crippen LogP contribution in [0.2, 0.25) is 5.02 Å². The van der Waals surface area contributed by atoms with Crippen LogP contribution in [-0.4, -0.2) is 35.0 Å². The molecule has 5 nitrogen and oxygen atoms in total. The number of hydrogen-bond donors (Lipinski definition) is 1. The summed E-state index contributed by atoms with van der Waals surface area (Å²) < 4.78 is 0. The molecule has 3 fully saturated rings. The van der Waals surface area contributed by atoms with E-state index in [1.165, 1.54) is 30.6 Å². The number of carbonyl (C=O) groups excluding carboxylic acids is 3. The molecule has 0 spiro atoms. The number of fused-ring (bicyclic) bond motifs is 2. The molecule has 1 N–H and O–H groups in total. The van der Waals surface area contributed by atoms with Gasteiger partial charge in [0.25, 0.3) is 11.1 Å². The zero-order valence-corrected chi connectivity index (χ0v) is 17.1. The molecule has 0 unspecified atom stereocenters. The van der Waals surface area contributed by atoms with Crippen molar-refractivity contribution in [3.8, 4) is 0 Å². The number of imide groups is 1. The van der Waals surface area contributed by atoms with Crippen molar-refractivity contribution >= 4 is 46.5 Å². The number of rotatable bonds is 6. The third-order valence-electron chi connectivity index (χ3n) is 6.03. The Hall–Kier alpha value is -1.79. The third-order valence-corrected chi connectivity index (χ3v) is 7.19. The molecule has 1 heterocycles. The van der Waals surface area contributed by atoms with Crippen LogP contribution in [0.15, 0.2) is 29.2 Å². The van der Waals surface area contributed by atoms with Crippen molar-refractivity contribution in [3.05, 3.63) is 39.8 Å². The maximum absolute atomic E-state index is 12.5. The van der Waals surface area contributed by atoms with Gasteiger partial charge < -0.3 is 5.32 Å². The molecular formula is C21H23ClN2O3S. The molecule has 3 amide bonds. The SMILES string of the molecule is O=C(C[C@H]1C[C@H]2CC[C@H]1C2)NCCN1C(=O)S/C(=C/c2ccc(Cl)cc2)C1=O. The van der Waals surface area contributed by atoms with Gasteiger partial charge in [-0.25, -0.2) is 0 Å². The van der Waals surface area contributed by atoms with Crippen molar-refractivity contribution in [1.82, 2.24) is 10.2 Å². The normalized spacial score (nSPS) is 27.8. The van der Waals surface area contributed by atoms with Crippen LogP contribution >= 0.6 is 23.4 Å². The van der Waals surface area contributed by atoms with Crippen molar-refractivity contribution in [1.29, 1.82) is 0 Å². The Kier molecular flexibility index (Phi) is 5.78. The minimum atomic E-state index is -0.313. The number of nitrogens with one attached hydrogen (secondary N) is 1. The van der Waals surface area contributed by atoms with Gasteiger partial charge in [0.15, 0.2) is 0 Å². The summed E-state index contributed by atoms with van der Waals surface area (Å²) in [5.74, 6) is 1.77. The van der Waals surface area contributed by atoms with Crippen LogP contribution in [0, 0.1) is 17.8 Å². The van der Waals surface area contributed by atoms with Gasteiger partial charge in [-0.1, -0.05) is 30.2 Å². The minimum Gasteiger partial charge on any atom is -0.354 e. The lowest BCUT2D eigenvalue weighted by Crippen LogP contribution is -2.38. The Morgan fingerprint density at radius 2 is 2.00 bits per heavy atom. The number of amides is 3. The van der Waals surface area contributed by atoms with Crippen molar-refractivity contribution in [2.24, 2.45) is 17.8 Å². The second-order valence-electron chi connectivity index (χ2n) is 7.87. The lowest BCUT2D eigenvalue weighted by molar-refractivity contribution is -0.124. The van der Waals surface area contributed by atoms with Crippen LogP contribution in [0.25, 0.3) is 6.08 Å². The molecule has 0 radical (unpaired) electrons. The Balaban J connectivity index is 1.26. The fourth-order valence-electron chi connectivity index (χ4n) is 4.65. The van der Waals surface area contributed by atoms with E-state index in [1.54, 1.807) is 30.3 Å². The van der Waals surface area contributed by atoms with Crippen LogP contribution in [0.3, 0.4) is 0 Å². The Labute approximate surface area is 173 Å². The average Bonchev–Trinajstić information content (AvgIpc) is 3.35. The summed E-state index contributed by atoms with van der Waals surface area (Å²) in [5, 5.41) is 3.20. The summed E-state index contributed by atoms with van der Waals surface area (Å²) in [5.41, 5.74) is 0.814. The molecule has 3 aliphatic rings. The fraction of sp³-hybridized carbons (Fsp3) is 0.476. The van der Waals surface area contributed by atoms with Crippen LogP contribution in [0.5, 0.6) is 0 Å². The molecule has 1 aromatic rings. The molecule has 2 bridgehead atoms. The Morgan fingerprint density at radius 1 is 1.21 bits per heavy atom. The van der Waals surface area contributed by atoms with Gasteiger partial charge in [0, 0.05) is 24.5 Å².